The van der Waals surface area contributed by atoms with Crippen LogP contribution in [0.5, 0.6) is 0 Å². The first-order chi connectivity index (χ1) is 8.65. The molecule has 0 nitrogen and oxygen atoms in total. The molecule has 3 rings (SSSR count). The molecule has 1 heterocycles. The molecule has 1 aliphatic rings. The fraction of sp³-hybridized carbons (Fsp3) is 0.286. The van der Waals surface area contributed by atoms with Crippen LogP contribution in [0.4, 0.5) is 8.78 Å². The molecule has 1 aromatic heterocycles. The minimum absolute atomic E-state index is 0.345. The first-order valence-corrected chi connectivity index (χ1v) is 7.11. The molecular formula is C14H11ClF2S. The van der Waals surface area contributed by atoms with E-state index >= 15 is 0 Å². The summed E-state index contributed by atoms with van der Waals surface area (Å²) in [5, 5.41) is -0.527. The Hall–Kier alpha value is -0.930. The van der Waals surface area contributed by atoms with Crippen molar-refractivity contribution in [2.45, 2.75) is 24.6 Å². The van der Waals surface area contributed by atoms with Gasteiger partial charge in [-0.25, -0.2) is 8.78 Å². The second-order valence-corrected chi connectivity index (χ2v) is 6.08. The van der Waals surface area contributed by atoms with Crippen LogP contribution >= 0.6 is 22.9 Å². The number of fused-ring (bicyclic) bond motifs is 1. The lowest BCUT2D eigenvalue weighted by atomic mass is 10.1. The number of benzene rings is 1. The molecule has 0 aliphatic heterocycles. The number of hydrogen-bond donors (Lipinski definition) is 0. The Bertz CT molecular complexity index is 570. The SMILES string of the molecule is Fc1ccc(C(Cl)c2cc3c(s2)CCC3)c(F)c1. The van der Waals surface area contributed by atoms with E-state index in [0.717, 1.165) is 23.8 Å². The van der Waals surface area contributed by atoms with Gasteiger partial charge in [-0.2, -0.15) is 0 Å². The Morgan fingerprint density at radius 3 is 2.72 bits per heavy atom. The van der Waals surface area contributed by atoms with E-state index in [-0.39, 0.29) is 0 Å². The summed E-state index contributed by atoms with van der Waals surface area (Å²) in [6.07, 6.45) is 3.37. The molecule has 0 bridgehead atoms. The fourth-order valence-corrected chi connectivity index (χ4v) is 3.97. The highest BCUT2D eigenvalue weighted by Gasteiger charge is 2.22. The van der Waals surface area contributed by atoms with E-state index in [1.807, 2.05) is 0 Å². The summed E-state index contributed by atoms with van der Waals surface area (Å²) < 4.78 is 26.5. The van der Waals surface area contributed by atoms with Gasteiger partial charge in [0.1, 0.15) is 11.6 Å². The summed E-state index contributed by atoms with van der Waals surface area (Å²) in [5.41, 5.74) is 1.68. The zero-order valence-electron chi connectivity index (χ0n) is 9.55. The average Bonchev–Trinajstić information content (AvgIpc) is 2.87. The molecule has 0 N–H and O–H groups in total. The van der Waals surface area contributed by atoms with Crippen LogP contribution in [0, 0.1) is 11.6 Å². The van der Waals surface area contributed by atoms with Crippen LogP contribution in [0.1, 0.15) is 32.7 Å². The predicted octanol–water partition coefficient (Wildman–Crippen LogP) is 4.84. The number of rotatable bonds is 2. The predicted molar refractivity (Wildman–Crippen MR) is 70.4 cm³/mol. The maximum atomic E-state index is 13.7. The highest BCUT2D eigenvalue weighted by Crippen LogP contribution is 2.39. The molecule has 1 aliphatic carbocycles. The van der Waals surface area contributed by atoms with Crippen molar-refractivity contribution in [1.29, 1.82) is 0 Å². The minimum Gasteiger partial charge on any atom is -0.207 e. The first-order valence-electron chi connectivity index (χ1n) is 5.85. The lowest BCUT2D eigenvalue weighted by Gasteiger charge is -2.09. The summed E-state index contributed by atoms with van der Waals surface area (Å²) in [7, 11) is 0. The number of halogens is 3. The maximum absolute atomic E-state index is 13.7. The van der Waals surface area contributed by atoms with Gasteiger partial charge >= 0.3 is 0 Å². The zero-order chi connectivity index (χ0) is 12.7. The monoisotopic (exact) mass is 284 g/mol. The van der Waals surface area contributed by atoms with Crippen molar-refractivity contribution in [2.24, 2.45) is 0 Å². The Morgan fingerprint density at radius 2 is 2.00 bits per heavy atom. The molecule has 0 radical (unpaired) electrons. The maximum Gasteiger partial charge on any atom is 0.131 e. The van der Waals surface area contributed by atoms with E-state index in [2.05, 4.69) is 6.07 Å². The lowest BCUT2D eigenvalue weighted by Crippen LogP contribution is -1.95. The van der Waals surface area contributed by atoms with E-state index in [4.69, 9.17) is 11.6 Å². The summed E-state index contributed by atoms with van der Waals surface area (Å²) in [5.74, 6) is -1.16. The van der Waals surface area contributed by atoms with Gasteiger partial charge in [0.2, 0.25) is 0 Å². The van der Waals surface area contributed by atoms with E-state index in [1.54, 1.807) is 11.3 Å². The Kier molecular flexibility index (Phi) is 3.12. The Morgan fingerprint density at radius 1 is 1.17 bits per heavy atom. The van der Waals surface area contributed by atoms with E-state index in [0.29, 0.717) is 5.56 Å². The first kappa shape index (κ1) is 12.1. The van der Waals surface area contributed by atoms with Gasteiger partial charge in [-0.05, 0) is 37.0 Å². The van der Waals surface area contributed by atoms with Gasteiger partial charge in [0, 0.05) is 21.4 Å². The molecule has 0 amide bonds. The number of hydrogen-bond acceptors (Lipinski definition) is 1. The van der Waals surface area contributed by atoms with Crippen LogP contribution in [0.15, 0.2) is 24.3 Å². The molecule has 0 spiro atoms. The molecule has 1 atom stereocenters. The largest absolute Gasteiger partial charge is 0.207 e. The normalized spacial score (nSPS) is 15.7. The third-order valence-electron chi connectivity index (χ3n) is 3.25. The van der Waals surface area contributed by atoms with Crippen molar-refractivity contribution in [1.82, 2.24) is 0 Å². The molecule has 94 valence electrons. The van der Waals surface area contributed by atoms with Gasteiger partial charge in [0.05, 0.1) is 5.38 Å². The van der Waals surface area contributed by atoms with Crippen LogP contribution in [-0.4, -0.2) is 0 Å². The Balaban J connectivity index is 1.95. The molecule has 0 fully saturated rings. The van der Waals surface area contributed by atoms with E-state index in [1.165, 1.54) is 29.0 Å². The van der Waals surface area contributed by atoms with Gasteiger partial charge < -0.3 is 0 Å². The van der Waals surface area contributed by atoms with Crippen molar-refractivity contribution in [3.05, 3.63) is 56.8 Å². The summed E-state index contributed by atoms with van der Waals surface area (Å²) in [4.78, 5) is 2.31. The third-order valence-corrected chi connectivity index (χ3v) is 5.15. The molecule has 2 aromatic rings. The molecular weight excluding hydrogens is 274 g/mol. The van der Waals surface area contributed by atoms with Crippen LogP contribution < -0.4 is 0 Å². The van der Waals surface area contributed by atoms with Crippen LogP contribution in [-0.2, 0) is 12.8 Å². The van der Waals surface area contributed by atoms with Crippen molar-refractivity contribution >= 4 is 22.9 Å². The molecule has 1 unspecified atom stereocenters. The van der Waals surface area contributed by atoms with Crippen molar-refractivity contribution in [3.63, 3.8) is 0 Å². The summed E-state index contributed by atoms with van der Waals surface area (Å²) >= 11 is 7.95. The van der Waals surface area contributed by atoms with Gasteiger partial charge in [0.15, 0.2) is 0 Å². The lowest BCUT2D eigenvalue weighted by molar-refractivity contribution is 0.574. The highest BCUT2D eigenvalue weighted by atomic mass is 35.5. The quantitative estimate of drug-likeness (QED) is 0.692. The molecule has 4 heteroatoms. The number of alkyl halides is 1. The average molecular weight is 285 g/mol. The molecule has 18 heavy (non-hydrogen) atoms. The topological polar surface area (TPSA) is 0 Å². The minimum atomic E-state index is -0.580. The third kappa shape index (κ3) is 2.06. The summed E-state index contributed by atoms with van der Waals surface area (Å²) in [6.45, 7) is 0. The zero-order valence-corrected chi connectivity index (χ0v) is 11.1. The van der Waals surface area contributed by atoms with Crippen LogP contribution in [0.25, 0.3) is 0 Å². The van der Waals surface area contributed by atoms with Gasteiger partial charge in [-0.1, -0.05) is 6.07 Å². The summed E-state index contributed by atoms with van der Waals surface area (Å²) in [6, 6.07) is 5.61. The van der Waals surface area contributed by atoms with Crippen LogP contribution in [0.2, 0.25) is 0 Å². The highest BCUT2D eigenvalue weighted by molar-refractivity contribution is 7.12. The molecule has 1 aromatic carbocycles. The van der Waals surface area contributed by atoms with Gasteiger partial charge in [-0.15, -0.1) is 22.9 Å². The van der Waals surface area contributed by atoms with Crippen molar-refractivity contribution in [3.8, 4) is 0 Å². The molecule has 0 saturated carbocycles. The van der Waals surface area contributed by atoms with Gasteiger partial charge in [0.25, 0.3) is 0 Å². The van der Waals surface area contributed by atoms with E-state index in [9.17, 15) is 8.78 Å². The molecule has 0 saturated heterocycles. The van der Waals surface area contributed by atoms with Crippen molar-refractivity contribution < 1.29 is 8.78 Å². The number of thiophene rings is 1. The standard InChI is InChI=1S/C14H11ClF2S/c15-14(10-5-4-9(16)7-11(10)17)13-6-8-2-1-3-12(8)18-13/h4-7,14H,1-3H2. The number of aryl methyl sites for hydroxylation is 2. The van der Waals surface area contributed by atoms with Crippen molar-refractivity contribution in [2.75, 3.05) is 0 Å². The second kappa shape index (κ2) is 4.63. The van der Waals surface area contributed by atoms with E-state index < -0.39 is 17.0 Å². The second-order valence-electron chi connectivity index (χ2n) is 4.48. The smallest absolute Gasteiger partial charge is 0.131 e. The van der Waals surface area contributed by atoms with Gasteiger partial charge in [-0.3, -0.25) is 0 Å². The van der Waals surface area contributed by atoms with Crippen LogP contribution in [0.3, 0.4) is 0 Å². The Labute approximate surface area is 113 Å². The fourth-order valence-electron chi connectivity index (χ4n) is 2.34.